The van der Waals surface area contributed by atoms with Crippen LogP contribution in [-0.4, -0.2) is 16.4 Å². The first kappa shape index (κ1) is 12.2. The smallest absolute Gasteiger partial charge is 0.119 e. The molecule has 0 unspecified atom stereocenters. The summed E-state index contributed by atoms with van der Waals surface area (Å²) in [5, 5.41) is 4.12. The van der Waals surface area contributed by atoms with E-state index in [-0.39, 0.29) is 0 Å². The minimum absolute atomic E-state index is 0.667. The first-order valence-corrected chi connectivity index (χ1v) is 6.32. The van der Waals surface area contributed by atoms with Gasteiger partial charge in [0.05, 0.1) is 6.61 Å². The number of halogens is 1. The van der Waals surface area contributed by atoms with E-state index >= 15 is 0 Å². The van der Waals surface area contributed by atoms with Gasteiger partial charge in [0.1, 0.15) is 5.75 Å². The van der Waals surface area contributed by atoms with Crippen molar-refractivity contribution in [2.45, 2.75) is 13.3 Å². The van der Waals surface area contributed by atoms with Gasteiger partial charge in [0.15, 0.2) is 0 Å². The Labute approximate surface area is 110 Å². The van der Waals surface area contributed by atoms with Gasteiger partial charge in [-0.2, -0.15) is 5.10 Å². The highest BCUT2D eigenvalue weighted by Gasteiger charge is 2.01. The molecule has 0 aliphatic carbocycles. The standard InChI is InChI=1S/C13H15BrN2O/c1-10-9-12(3-4-13(10)14)17-8-6-11-5-7-15-16(11)2/h3-5,7,9H,6,8H2,1-2H3. The molecule has 2 aromatic rings. The normalized spacial score (nSPS) is 10.5. The molecule has 1 aromatic carbocycles. The molecule has 1 heterocycles. The summed E-state index contributed by atoms with van der Waals surface area (Å²) >= 11 is 3.47. The number of aromatic nitrogens is 2. The lowest BCUT2D eigenvalue weighted by Gasteiger charge is -2.08. The van der Waals surface area contributed by atoms with Gasteiger partial charge in [0.25, 0.3) is 0 Å². The lowest BCUT2D eigenvalue weighted by atomic mass is 10.2. The molecule has 17 heavy (non-hydrogen) atoms. The molecule has 1 aromatic heterocycles. The molecule has 0 aliphatic rings. The van der Waals surface area contributed by atoms with Crippen LogP contribution >= 0.6 is 15.9 Å². The number of nitrogens with zero attached hydrogens (tertiary/aromatic N) is 2. The lowest BCUT2D eigenvalue weighted by molar-refractivity contribution is 0.318. The molecular weight excluding hydrogens is 280 g/mol. The first-order chi connectivity index (χ1) is 8.16. The molecular formula is C13H15BrN2O. The third kappa shape index (κ3) is 3.09. The molecule has 0 saturated heterocycles. The Bertz CT molecular complexity index is 508. The summed E-state index contributed by atoms with van der Waals surface area (Å²) in [4.78, 5) is 0. The van der Waals surface area contributed by atoms with E-state index in [1.165, 1.54) is 11.3 Å². The van der Waals surface area contributed by atoms with Gasteiger partial charge in [-0.3, -0.25) is 4.68 Å². The van der Waals surface area contributed by atoms with E-state index in [1.807, 2.05) is 36.0 Å². The van der Waals surface area contributed by atoms with E-state index in [0.29, 0.717) is 6.61 Å². The maximum absolute atomic E-state index is 5.71. The van der Waals surface area contributed by atoms with Crippen molar-refractivity contribution in [2.24, 2.45) is 7.05 Å². The van der Waals surface area contributed by atoms with Crippen LogP contribution in [0, 0.1) is 6.92 Å². The van der Waals surface area contributed by atoms with E-state index in [4.69, 9.17) is 4.74 Å². The van der Waals surface area contributed by atoms with Gasteiger partial charge in [0, 0.05) is 29.8 Å². The Kier molecular flexibility index (Phi) is 3.84. The predicted molar refractivity (Wildman–Crippen MR) is 71.3 cm³/mol. The van der Waals surface area contributed by atoms with Crippen molar-refractivity contribution in [3.05, 3.63) is 46.2 Å². The summed E-state index contributed by atoms with van der Waals surface area (Å²) in [6.45, 7) is 2.72. The minimum Gasteiger partial charge on any atom is -0.493 e. The Morgan fingerprint density at radius 2 is 2.18 bits per heavy atom. The molecule has 0 saturated carbocycles. The highest BCUT2D eigenvalue weighted by atomic mass is 79.9. The van der Waals surface area contributed by atoms with Crippen molar-refractivity contribution >= 4 is 15.9 Å². The summed E-state index contributed by atoms with van der Waals surface area (Å²) < 4.78 is 8.69. The van der Waals surface area contributed by atoms with Crippen molar-refractivity contribution < 1.29 is 4.74 Å². The molecule has 0 bridgehead atoms. The highest BCUT2D eigenvalue weighted by molar-refractivity contribution is 9.10. The Hall–Kier alpha value is -1.29. The zero-order valence-corrected chi connectivity index (χ0v) is 11.6. The van der Waals surface area contributed by atoms with Gasteiger partial charge in [-0.15, -0.1) is 0 Å². The van der Waals surface area contributed by atoms with Crippen LogP contribution in [-0.2, 0) is 13.5 Å². The van der Waals surface area contributed by atoms with Crippen molar-refractivity contribution in [3.63, 3.8) is 0 Å². The van der Waals surface area contributed by atoms with E-state index in [9.17, 15) is 0 Å². The van der Waals surface area contributed by atoms with Gasteiger partial charge in [-0.1, -0.05) is 15.9 Å². The molecule has 90 valence electrons. The van der Waals surface area contributed by atoms with Crippen LogP contribution in [0.2, 0.25) is 0 Å². The van der Waals surface area contributed by atoms with Crippen molar-refractivity contribution in [2.75, 3.05) is 6.61 Å². The summed E-state index contributed by atoms with van der Waals surface area (Å²) in [5.41, 5.74) is 2.36. The highest BCUT2D eigenvalue weighted by Crippen LogP contribution is 2.21. The van der Waals surface area contributed by atoms with Crippen LogP contribution in [0.1, 0.15) is 11.3 Å². The van der Waals surface area contributed by atoms with Crippen LogP contribution in [0.15, 0.2) is 34.9 Å². The van der Waals surface area contributed by atoms with E-state index in [0.717, 1.165) is 16.6 Å². The zero-order valence-electron chi connectivity index (χ0n) is 9.98. The van der Waals surface area contributed by atoms with Crippen molar-refractivity contribution in [3.8, 4) is 5.75 Å². The molecule has 2 rings (SSSR count). The van der Waals surface area contributed by atoms with E-state index in [1.54, 1.807) is 6.20 Å². The number of benzene rings is 1. The van der Waals surface area contributed by atoms with Crippen LogP contribution in [0.25, 0.3) is 0 Å². The molecule has 0 spiro atoms. The molecule has 0 fully saturated rings. The number of rotatable bonds is 4. The maximum atomic E-state index is 5.71. The van der Waals surface area contributed by atoms with E-state index in [2.05, 4.69) is 28.0 Å². The SMILES string of the molecule is Cc1cc(OCCc2ccnn2C)ccc1Br. The average molecular weight is 295 g/mol. The number of hydrogen-bond donors (Lipinski definition) is 0. The molecule has 4 heteroatoms. The quantitative estimate of drug-likeness (QED) is 0.866. The summed E-state index contributed by atoms with van der Waals surface area (Å²) in [6.07, 6.45) is 2.67. The number of ether oxygens (including phenoxy) is 1. The molecule has 0 aliphatic heterocycles. The summed E-state index contributed by atoms with van der Waals surface area (Å²) in [6, 6.07) is 8.03. The summed E-state index contributed by atoms with van der Waals surface area (Å²) in [5.74, 6) is 0.910. The van der Waals surface area contributed by atoms with Crippen LogP contribution in [0.5, 0.6) is 5.75 Å². The Balaban J connectivity index is 1.90. The van der Waals surface area contributed by atoms with Gasteiger partial charge in [-0.05, 0) is 36.8 Å². The van der Waals surface area contributed by atoms with Gasteiger partial charge >= 0.3 is 0 Å². The Morgan fingerprint density at radius 1 is 1.35 bits per heavy atom. The largest absolute Gasteiger partial charge is 0.493 e. The van der Waals surface area contributed by atoms with Crippen molar-refractivity contribution in [1.82, 2.24) is 9.78 Å². The third-order valence-electron chi connectivity index (χ3n) is 2.68. The molecule has 0 amide bonds. The fraction of sp³-hybridized carbons (Fsp3) is 0.308. The summed E-state index contributed by atoms with van der Waals surface area (Å²) in [7, 11) is 1.94. The van der Waals surface area contributed by atoms with Crippen LogP contribution in [0.4, 0.5) is 0 Å². The van der Waals surface area contributed by atoms with Gasteiger partial charge in [0.2, 0.25) is 0 Å². The monoisotopic (exact) mass is 294 g/mol. The average Bonchev–Trinajstić information content (AvgIpc) is 2.70. The topological polar surface area (TPSA) is 27.1 Å². The van der Waals surface area contributed by atoms with Crippen LogP contribution in [0.3, 0.4) is 0 Å². The lowest BCUT2D eigenvalue weighted by Crippen LogP contribution is -2.06. The molecule has 0 atom stereocenters. The minimum atomic E-state index is 0.667. The van der Waals surface area contributed by atoms with Gasteiger partial charge in [-0.25, -0.2) is 0 Å². The van der Waals surface area contributed by atoms with E-state index < -0.39 is 0 Å². The van der Waals surface area contributed by atoms with Crippen LogP contribution < -0.4 is 4.74 Å². The fourth-order valence-electron chi connectivity index (χ4n) is 1.63. The van der Waals surface area contributed by atoms with Gasteiger partial charge < -0.3 is 4.74 Å². The number of hydrogen-bond acceptors (Lipinski definition) is 2. The molecule has 0 radical (unpaired) electrons. The predicted octanol–water partition coefficient (Wildman–Crippen LogP) is 3.11. The second-order valence-corrected chi connectivity index (χ2v) is 4.81. The molecule has 0 N–H and O–H groups in total. The maximum Gasteiger partial charge on any atom is 0.119 e. The third-order valence-corrected chi connectivity index (χ3v) is 3.57. The van der Waals surface area contributed by atoms with Crippen molar-refractivity contribution in [1.29, 1.82) is 0 Å². The molecule has 3 nitrogen and oxygen atoms in total. The zero-order chi connectivity index (χ0) is 12.3. The number of aryl methyl sites for hydroxylation is 2. The second kappa shape index (κ2) is 5.36. The second-order valence-electron chi connectivity index (χ2n) is 3.96. The fourth-order valence-corrected chi connectivity index (χ4v) is 1.87. The Morgan fingerprint density at radius 3 is 2.82 bits per heavy atom. The first-order valence-electron chi connectivity index (χ1n) is 5.52.